The first-order chi connectivity index (χ1) is 21.3. The van der Waals surface area contributed by atoms with Gasteiger partial charge in [0.2, 0.25) is 0 Å². The van der Waals surface area contributed by atoms with Crippen LogP contribution >= 0.6 is 7.82 Å². The Balaban J connectivity index is 4.26. The molecule has 0 rings (SSSR count). The minimum absolute atomic E-state index is 0.0543. The van der Waals surface area contributed by atoms with E-state index in [0.717, 1.165) is 57.8 Å². The molecule has 0 spiro atoms. The summed E-state index contributed by atoms with van der Waals surface area (Å²) in [5, 5.41) is 0. The molecule has 10 heteroatoms. The van der Waals surface area contributed by atoms with Crippen molar-refractivity contribution >= 4 is 19.8 Å². The molecule has 0 aromatic rings. The topological polar surface area (TPSA) is 134 Å². The Morgan fingerprint density at radius 1 is 0.659 bits per heavy atom. The summed E-state index contributed by atoms with van der Waals surface area (Å²) in [6.07, 6.45) is 28.1. The number of hydrogen-bond donors (Lipinski definition) is 2. The second-order valence-corrected chi connectivity index (χ2v) is 13.2. The molecule has 1 unspecified atom stereocenters. The molecule has 0 aliphatic rings. The smallest absolute Gasteiger partial charge is 0.462 e. The summed E-state index contributed by atoms with van der Waals surface area (Å²) >= 11 is 0. The largest absolute Gasteiger partial charge is 0.472 e. The number of hydrogen-bond acceptors (Lipinski definition) is 8. The molecular weight excluding hydrogens is 581 g/mol. The van der Waals surface area contributed by atoms with Crippen LogP contribution < -0.4 is 5.73 Å². The van der Waals surface area contributed by atoms with E-state index in [-0.39, 0.29) is 38.6 Å². The van der Waals surface area contributed by atoms with Crippen molar-refractivity contribution in [3.8, 4) is 0 Å². The molecule has 3 N–H and O–H groups in total. The van der Waals surface area contributed by atoms with Crippen molar-refractivity contribution in [2.24, 2.45) is 5.73 Å². The van der Waals surface area contributed by atoms with Crippen LogP contribution in [0.4, 0.5) is 0 Å². The summed E-state index contributed by atoms with van der Waals surface area (Å²) in [5.74, 6) is -0.838. The molecule has 0 aromatic carbocycles. The number of phosphoric acid groups is 1. The zero-order valence-corrected chi connectivity index (χ0v) is 29.0. The fourth-order valence-corrected chi connectivity index (χ4v) is 5.50. The summed E-state index contributed by atoms with van der Waals surface area (Å²) in [4.78, 5) is 34.5. The maximum absolute atomic E-state index is 12.4. The SMILES string of the molecule is CCCC/C=C\CCCCCCCC(=O)O[C@H](COC(=O)CCCCCCCCCCCCCC)COP(=O)(O)OCCN. The number of esters is 2. The molecule has 0 aliphatic heterocycles. The number of allylic oxidation sites excluding steroid dienone is 2. The van der Waals surface area contributed by atoms with E-state index >= 15 is 0 Å². The molecule has 260 valence electrons. The van der Waals surface area contributed by atoms with Gasteiger partial charge in [-0.05, 0) is 32.1 Å². The predicted octanol–water partition coefficient (Wildman–Crippen LogP) is 9.10. The van der Waals surface area contributed by atoms with E-state index in [1.807, 2.05) is 0 Å². The van der Waals surface area contributed by atoms with Gasteiger partial charge < -0.3 is 20.1 Å². The third-order valence-corrected chi connectivity index (χ3v) is 8.39. The van der Waals surface area contributed by atoms with Gasteiger partial charge in [0.15, 0.2) is 6.10 Å². The summed E-state index contributed by atoms with van der Waals surface area (Å²) < 4.78 is 32.5. The second kappa shape index (κ2) is 31.7. The van der Waals surface area contributed by atoms with Crippen LogP contribution in [0, 0.1) is 0 Å². The van der Waals surface area contributed by atoms with Crippen molar-refractivity contribution in [3.05, 3.63) is 12.2 Å². The van der Waals surface area contributed by atoms with Crippen LogP contribution in [0.15, 0.2) is 12.2 Å². The van der Waals surface area contributed by atoms with E-state index in [1.54, 1.807) is 0 Å². The molecule has 0 amide bonds. The first-order valence-electron chi connectivity index (χ1n) is 17.7. The molecule has 9 nitrogen and oxygen atoms in total. The molecule has 0 saturated carbocycles. The highest BCUT2D eigenvalue weighted by atomic mass is 31.2. The lowest BCUT2D eigenvalue weighted by atomic mass is 10.0. The standard InChI is InChI=1S/C34H66NO8P/c1-3-5-7-9-11-13-15-17-18-20-22-24-26-33(36)40-30-32(31-42-44(38,39)41-29-28-35)43-34(37)27-25-23-21-19-16-14-12-10-8-6-4-2/h10,12,32H,3-9,11,13-31,35H2,1-2H3,(H,38,39)/b12-10-/t32-/m1/s1. The number of carbonyl (C=O) groups is 2. The lowest BCUT2D eigenvalue weighted by molar-refractivity contribution is -0.161. The minimum atomic E-state index is -4.36. The van der Waals surface area contributed by atoms with Crippen LogP contribution in [0.2, 0.25) is 0 Å². The molecule has 0 aliphatic carbocycles. The van der Waals surface area contributed by atoms with Crippen LogP contribution in [-0.4, -0.2) is 49.3 Å². The Bertz CT molecular complexity index is 749. The van der Waals surface area contributed by atoms with Gasteiger partial charge in [0.05, 0.1) is 13.2 Å². The Morgan fingerprint density at radius 2 is 1.14 bits per heavy atom. The zero-order valence-electron chi connectivity index (χ0n) is 28.2. The lowest BCUT2D eigenvalue weighted by Crippen LogP contribution is -2.29. The second-order valence-electron chi connectivity index (χ2n) is 11.7. The Kier molecular flexibility index (Phi) is 30.8. The van der Waals surface area contributed by atoms with Gasteiger partial charge in [-0.15, -0.1) is 0 Å². The minimum Gasteiger partial charge on any atom is -0.462 e. The van der Waals surface area contributed by atoms with E-state index in [0.29, 0.717) is 6.42 Å². The van der Waals surface area contributed by atoms with Gasteiger partial charge in [0.25, 0.3) is 0 Å². The number of rotatable bonds is 33. The summed E-state index contributed by atoms with van der Waals surface area (Å²) in [7, 11) is -4.36. The van der Waals surface area contributed by atoms with Gasteiger partial charge in [-0.25, -0.2) is 4.57 Å². The maximum atomic E-state index is 12.4. The predicted molar refractivity (Wildman–Crippen MR) is 178 cm³/mol. The zero-order chi connectivity index (χ0) is 32.6. The summed E-state index contributed by atoms with van der Waals surface area (Å²) in [6.45, 7) is 3.66. The molecular formula is C34H66NO8P. The number of nitrogens with two attached hydrogens (primary N) is 1. The highest BCUT2D eigenvalue weighted by Crippen LogP contribution is 2.43. The normalized spacial score (nSPS) is 13.6. The molecule has 0 bridgehead atoms. The number of phosphoric ester groups is 1. The Hall–Kier alpha value is -1.25. The molecule has 0 aromatic heterocycles. The van der Waals surface area contributed by atoms with Crippen molar-refractivity contribution in [2.45, 2.75) is 168 Å². The quantitative estimate of drug-likeness (QED) is 0.0309. The van der Waals surface area contributed by atoms with Crippen LogP contribution in [-0.2, 0) is 32.7 Å². The van der Waals surface area contributed by atoms with E-state index in [9.17, 15) is 19.0 Å². The molecule has 0 fully saturated rings. The number of unbranched alkanes of at least 4 members (excludes halogenated alkanes) is 18. The Morgan fingerprint density at radius 3 is 1.68 bits per heavy atom. The highest BCUT2D eigenvalue weighted by Gasteiger charge is 2.25. The number of carbonyl (C=O) groups excluding carboxylic acids is 2. The maximum Gasteiger partial charge on any atom is 0.472 e. The van der Waals surface area contributed by atoms with Gasteiger partial charge in [-0.1, -0.05) is 129 Å². The first-order valence-corrected chi connectivity index (χ1v) is 19.2. The monoisotopic (exact) mass is 647 g/mol. The van der Waals surface area contributed by atoms with Crippen LogP contribution in [0.1, 0.15) is 162 Å². The molecule has 0 saturated heterocycles. The third-order valence-electron chi connectivity index (χ3n) is 7.40. The summed E-state index contributed by atoms with van der Waals surface area (Å²) in [6, 6.07) is 0. The van der Waals surface area contributed by atoms with Gasteiger partial charge in [-0.2, -0.15) is 0 Å². The molecule has 2 atom stereocenters. The van der Waals surface area contributed by atoms with Crippen LogP contribution in [0.3, 0.4) is 0 Å². The van der Waals surface area contributed by atoms with E-state index in [2.05, 4.69) is 26.0 Å². The fraction of sp³-hybridized carbons (Fsp3) is 0.882. The fourth-order valence-electron chi connectivity index (χ4n) is 4.73. The van der Waals surface area contributed by atoms with Crippen LogP contribution in [0.25, 0.3) is 0 Å². The molecule has 0 radical (unpaired) electrons. The third kappa shape index (κ3) is 30.8. The molecule has 44 heavy (non-hydrogen) atoms. The van der Waals surface area contributed by atoms with Gasteiger partial charge >= 0.3 is 19.8 Å². The lowest BCUT2D eigenvalue weighted by Gasteiger charge is -2.19. The Labute approximate surface area is 269 Å². The average molecular weight is 648 g/mol. The molecule has 0 heterocycles. The van der Waals surface area contributed by atoms with Crippen LogP contribution in [0.5, 0.6) is 0 Å². The first kappa shape index (κ1) is 42.8. The van der Waals surface area contributed by atoms with E-state index < -0.39 is 26.5 Å². The van der Waals surface area contributed by atoms with Crippen molar-refractivity contribution in [2.75, 3.05) is 26.4 Å². The van der Waals surface area contributed by atoms with Gasteiger partial charge in [-0.3, -0.25) is 18.6 Å². The summed E-state index contributed by atoms with van der Waals surface area (Å²) in [5.41, 5.74) is 5.31. The van der Waals surface area contributed by atoms with Gasteiger partial charge in [0.1, 0.15) is 6.61 Å². The van der Waals surface area contributed by atoms with E-state index in [1.165, 1.54) is 70.6 Å². The van der Waals surface area contributed by atoms with Gasteiger partial charge in [0, 0.05) is 19.4 Å². The van der Waals surface area contributed by atoms with Crippen molar-refractivity contribution in [1.29, 1.82) is 0 Å². The van der Waals surface area contributed by atoms with Crippen molar-refractivity contribution < 1.29 is 37.6 Å². The van der Waals surface area contributed by atoms with Crippen molar-refractivity contribution in [1.82, 2.24) is 0 Å². The average Bonchev–Trinajstić information content (AvgIpc) is 3.00. The van der Waals surface area contributed by atoms with Crippen molar-refractivity contribution in [3.63, 3.8) is 0 Å². The number of ether oxygens (including phenoxy) is 2. The highest BCUT2D eigenvalue weighted by molar-refractivity contribution is 7.47. The van der Waals surface area contributed by atoms with E-state index in [4.69, 9.17) is 24.3 Å².